The van der Waals surface area contributed by atoms with Crippen molar-refractivity contribution < 1.29 is 19.0 Å². The van der Waals surface area contributed by atoms with E-state index in [0.717, 1.165) is 52.8 Å². The first-order chi connectivity index (χ1) is 17.2. The van der Waals surface area contributed by atoms with Gasteiger partial charge in [-0.3, -0.25) is 4.79 Å². The minimum Gasteiger partial charge on any atom is -0.497 e. The van der Waals surface area contributed by atoms with Crippen LogP contribution in [0.2, 0.25) is 0 Å². The number of carbonyl (C=O) groups excluding carboxylic acids is 1. The molecule has 1 aromatic heterocycles. The SMILES string of the molecule is COc1cccc(OCCCn2c(C3CC(=O)N(c4cccc(OC)c4)C3)nc3ccccc32)c1. The Hall–Kier alpha value is -4.00. The maximum absolute atomic E-state index is 13.0. The first-order valence-electron chi connectivity index (χ1n) is 11.8. The molecule has 0 bridgehead atoms. The average molecular weight is 472 g/mol. The van der Waals surface area contributed by atoms with Gasteiger partial charge in [-0.05, 0) is 42.8 Å². The zero-order valence-corrected chi connectivity index (χ0v) is 20.0. The van der Waals surface area contributed by atoms with E-state index in [2.05, 4.69) is 10.6 Å². The van der Waals surface area contributed by atoms with Crippen LogP contribution in [0.3, 0.4) is 0 Å². The maximum Gasteiger partial charge on any atom is 0.227 e. The second kappa shape index (κ2) is 10.1. The first-order valence-corrected chi connectivity index (χ1v) is 11.8. The van der Waals surface area contributed by atoms with Crippen LogP contribution in [-0.2, 0) is 11.3 Å². The number of fused-ring (bicyclic) bond motifs is 1. The number of imidazole rings is 1. The van der Waals surface area contributed by atoms with E-state index in [1.807, 2.05) is 71.6 Å². The predicted octanol–water partition coefficient (Wildman–Crippen LogP) is 5.04. The molecule has 1 amide bonds. The van der Waals surface area contributed by atoms with Gasteiger partial charge < -0.3 is 23.7 Å². The first kappa shape index (κ1) is 22.8. The number of anilines is 1. The highest BCUT2D eigenvalue weighted by Crippen LogP contribution is 2.34. The number of rotatable bonds is 9. The third kappa shape index (κ3) is 4.80. The fraction of sp³-hybridized carbons (Fsp3) is 0.286. The van der Waals surface area contributed by atoms with Crippen molar-refractivity contribution in [3.8, 4) is 17.2 Å². The molecule has 2 heterocycles. The summed E-state index contributed by atoms with van der Waals surface area (Å²) in [5.41, 5.74) is 2.88. The summed E-state index contributed by atoms with van der Waals surface area (Å²) in [5, 5.41) is 0. The number of para-hydroxylation sites is 2. The highest BCUT2D eigenvalue weighted by Gasteiger charge is 2.35. The molecule has 1 fully saturated rings. The van der Waals surface area contributed by atoms with E-state index in [1.165, 1.54) is 0 Å². The molecule has 35 heavy (non-hydrogen) atoms. The van der Waals surface area contributed by atoms with E-state index < -0.39 is 0 Å². The number of hydrogen-bond donors (Lipinski definition) is 0. The van der Waals surface area contributed by atoms with Crippen molar-refractivity contribution in [1.82, 2.24) is 9.55 Å². The Morgan fingerprint density at radius 3 is 2.49 bits per heavy atom. The summed E-state index contributed by atoms with van der Waals surface area (Å²) in [4.78, 5) is 19.8. The van der Waals surface area contributed by atoms with E-state index in [1.54, 1.807) is 14.2 Å². The Morgan fingerprint density at radius 1 is 0.914 bits per heavy atom. The van der Waals surface area contributed by atoms with E-state index in [4.69, 9.17) is 19.2 Å². The standard InChI is InChI=1S/C28H29N3O4/c1-33-22-9-5-8-21(17-22)31-19-20(16-27(31)32)28-29-25-12-3-4-13-26(25)30(28)14-7-15-35-24-11-6-10-23(18-24)34-2/h3-6,8-13,17-18,20H,7,14-16,19H2,1-2H3. The largest absolute Gasteiger partial charge is 0.497 e. The zero-order chi connectivity index (χ0) is 24.2. The molecule has 4 aromatic rings. The molecule has 180 valence electrons. The predicted molar refractivity (Wildman–Crippen MR) is 136 cm³/mol. The molecule has 0 radical (unpaired) electrons. The third-order valence-electron chi connectivity index (χ3n) is 6.38. The van der Waals surface area contributed by atoms with Gasteiger partial charge in [0.05, 0.1) is 31.9 Å². The normalized spacial score (nSPS) is 15.5. The lowest BCUT2D eigenvalue weighted by Crippen LogP contribution is -2.24. The monoisotopic (exact) mass is 471 g/mol. The van der Waals surface area contributed by atoms with Crippen LogP contribution < -0.4 is 19.1 Å². The van der Waals surface area contributed by atoms with Crippen LogP contribution in [0.25, 0.3) is 11.0 Å². The lowest BCUT2D eigenvalue weighted by molar-refractivity contribution is -0.117. The number of aromatic nitrogens is 2. The summed E-state index contributed by atoms with van der Waals surface area (Å²) in [5.74, 6) is 3.37. The molecule has 7 heteroatoms. The Balaban J connectivity index is 1.33. The molecule has 1 unspecified atom stereocenters. The summed E-state index contributed by atoms with van der Waals surface area (Å²) in [6.45, 7) is 1.91. The van der Waals surface area contributed by atoms with Gasteiger partial charge in [-0.1, -0.05) is 24.3 Å². The number of carbonyl (C=O) groups is 1. The van der Waals surface area contributed by atoms with Crippen molar-refractivity contribution in [2.24, 2.45) is 0 Å². The molecule has 1 aliphatic rings. The lowest BCUT2D eigenvalue weighted by Gasteiger charge is -2.18. The van der Waals surface area contributed by atoms with Crippen LogP contribution in [0.4, 0.5) is 5.69 Å². The minimum absolute atomic E-state index is 0.0143. The Kier molecular flexibility index (Phi) is 6.57. The molecule has 5 rings (SSSR count). The fourth-order valence-corrected chi connectivity index (χ4v) is 4.65. The van der Waals surface area contributed by atoms with Gasteiger partial charge in [-0.15, -0.1) is 0 Å². The number of nitrogens with zero attached hydrogens (tertiary/aromatic N) is 3. The molecule has 0 aliphatic carbocycles. The summed E-state index contributed by atoms with van der Waals surface area (Å²) in [7, 11) is 3.28. The van der Waals surface area contributed by atoms with Crippen molar-refractivity contribution in [3.05, 3.63) is 78.6 Å². The van der Waals surface area contributed by atoms with Crippen molar-refractivity contribution in [2.45, 2.75) is 25.3 Å². The van der Waals surface area contributed by atoms with Crippen LogP contribution in [0.1, 0.15) is 24.6 Å². The smallest absolute Gasteiger partial charge is 0.227 e. The molecule has 1 aliphatic heterocycles. The quantitative estimate of drug-likeness (QED) is 0.320. The molecular weight excluding hydrogens is 442 g/mol. The van der Waals surface area contributed by atoms with Gasteiger partial charge in [-0.25, -0.2) is 4.98 Å². The highest BCUT2D eigenvalue weighted by atomic mass is 16.5. The van der Waals surface area contributed by atoms with E-state index in [0.29, 0.717) is 19.6 Å². The summed E-state index contributed by atoms with van der Waals surface area (Å²) < 4.78 is 18.8. The second-order valence-corrected chi connectivity index (χ2v) is 8.60. The number of ether oxygens (including phenoxy) is 3. The number of amides is 1. The average Bonchev–Trinajstić information content (AvgIpc) is 3.47. The van der Waals surface area contributed by atoms with Crippen molar-refractivity contribution in [3.63, 3.8) is 0 Å². The molecule has 0 N–H and O–H groups in total. The van der Waals surface area contributed by atoms with Gasteiger partial charge in [0.15, 0.2) is 0 Å². The van der Waals surface area contributed by atoms with E-state index in [-0.39, 0.29) is 11.8 Å². The van der Waals surface area contributed by atoms with Gasteiger partial charge in [0, 0.05) is 43.2 Å². The van der Waals surface area contributed by atoms with Gasteiger partial charge in [0.1, 0.15) is 23.1 Å². The number of methoxy groups -OCH3 is 2. The maximum atomic E-state index is 13.0. The summed E-state index contributed by atoms with van der Waals surface area (Å²) >= 11 is 0. The fourth-order valence-electron chi connectivity index (χ4n) is 4.65. The van der Waals surface area contributed by atoms with Gasteiger partial charge >= 0.3 is 0 Å². The van der Waals surface area contributed by atoms with Crippen LogP contribution in [-0.4, -0.2) is 42.8 Å². The molecule has 0 saturated carbocycles. The Morgan fingerprint density at radius 2 is 1.66 bits per heavy atom. The summed E-state index contributed by atoms with van der Waals surface area (Å²) in [6.07, 6.45) is 1.24. The second-order valence-electron chi connectivity index (χ2n) is 8.60. The van der Waals surface area contributed by atoms with Crippen LogP contribution in [0.5, 0.6) is 17.2 Å². The van der Waals surface area contributed by atoms with Crippen molar-refractivity contribution in [1.29, 1.82) is 0 Å². The summed E-state index contributed by atoms with van der Waals surface area (Å²) in [6, 6.07) is 23.4. The molecule has 0 spiro atoms. The molecular formula is C28H29N3O4. The van der Waals surface area contributed by atoms with Gasteiger partial charge in [0.25, 0.3) is 0 Å². The Labute approximate surface area is 204 Å². The van der Waals surface area contributed by atoms with Gasteiger partial charge in [0.2, 0.25) is 5.91 Å². The topological polar surface area (TPSA) is 65.8 Å². The lowest BCUT2D eigenvalue weighted by atomic mass is 10.1. The van der Waals surface area contributed by atoms with Crippen LogP contribution in [0.15, 0.2) is 72.8 Å². The molecule has 1 atom stereocenters. The molecule has 3 aromatic carbocycles. The van der Waals surface area contributed by atoms with Crippen LogP contribution >= 0.6 is 0 Å². The van der Waals surface area contributed by atoms with Crippen molar-refractivity contribution >= 4 is 22.6 Å². The van der Waals surface area contributed by atoms with Crippen LogP contribution in [0, 0.1) is 0 Å². The van der Waals surface area contributed by atoms with Crippen molar-refractivity contribution in [2.75, 3.05) is 32.3 Å². The number of aryl methyl sites for hydroxylation is 1. The number of hydrogen-bond acceptors (Lipinski definition) is 5. The van der Waals surface area contributed by atoms with E-state index >= 15 is 0 Å². The van der Waals surface area contributed by atoms with E-state index in [9.17, 15) is 4.79 Å². The van der Waals surface area contributed by atoms with Gasteiger partial charge in [-0.2, -0.15) is 0 Å². The Bertz CT molecular complexity index is 1330. The highest BCUT2D eigenvalue weighted by molar-refractivity contribution is 5.96. The molecule has 1 saturated heterocycles. The minimum atomic E-state index is 0.0143. The number of benzene rings is 3. The molecule has 7 nitrogen and oxygen atoms in total. The third-order valence-corrected chi connectivity index (χ3v) is 6.38. The zero-order valence-electron chi connectivity index (χ0n) is 20.0.